The highest BCUT2D eigenvalue weighted by molar-refractivity contribution is 5.44. The van der Waals surface area contributed by atoms with Crippen molar-refractivity contribution in [2.24, 2.45) is 0 Å². The first-order chi connectivity index (χ1) is 10.3. The van der Waals surface area contributed by atoms with Gasteiger partial charge in [-0.05, 0) is 68.0 Å². The van der Waals surface area contributed by atoms with E-state index >= 15 is 0 Å². The Bertz CT molecular complexity index is 589. The summed E-state index contributed by atoms with van der Waals surface area (Å²) in [4.78, 5) is 0. The molecule has 1 N–H and O–H groups in total. The fourth-order valence-corrected chi connectivity index (χ4v) is 2.84. The summed E-state index contributed by atoms with van der Waals surface area (Å²) >= 11 is 0. The fraction of sp³-hybridized carbons (Fsp3) is 0.368. The van der Waals surface area contributed by atoms with Gasteiger partial charge >= 0.3 is 0 Å². The smallest absolute Gasteiger partial charge is 0.119 e. The van der Waals surface area contributed by atoms with Crippen molar-refractivity contribution in [3.8, 4) is 5.75 Å². The van der Waals surface area contributed by atoms with Crippen LogP contribution in [0.25, 0.3) is 0 Å². The zero-order valence-electron chi connectivity index (χ0n) is 12.7. The van der Waals surface area contributed by atoms with Crippen molar-refractivity contribution < 1.29 is 4.74 Å². The van der Waals surface area contributed by atoms with Crippen LogP contribution in [0, 0.1) is 6.92 Å². The number of benzene rings is 2. The highest BCUT2D eigenvalue weighted by Gasteiger charge is 2.09. The molecule has 2 nitrogen and oxygen atoms in total. The van der Waals surface area contributed by atoms with Crippen molar-refractivity contribution in [1.82, 2.24) is 0 Å². The van der Waals surface area contributed by atoms with E-state index in [4.69, 9.17) is 4.74 Å². The normalized spacial score (nSPS) is 13.6. The van der Waals surface area contributed by atoms with Crippen LogP contribution in [-0.4, -0.2) is 13.2 Å². The van der Waals surface area contributed by atoms with E-state index in [1.807, 2.05) is 0 Å². The van der Waals surface area contributed by atoms with Gasteiger partial charge < -0.3 is 10.1 Å². The molecule has 0 saturated carbocycles. The summed E-state index contributed by atoms with van der Waals surface area (Å²) in [6, 6.07) is 15.0. The Labute approximate surface area is 127 Å². The summed E-state index contributed by atoms with van der Waals surface area (Å²) < 4.78 is 5.86. The minimum Gasteiger partial charge on any atom is -0.492 e. The highest BCUT2D eigenvalue weighted by Crippen LogP contribution is 2.25. The van der Waals surface area contributed by atoms with Gasteiger partial charge in [-0.1, -0.05) is 23.8 Å². The molecule has 0 radical (unpaired) electrons. The Kier molecular flexibility index (Phi) is 4.44. The largest absolute Gasteiger partial charge is 0.492 e. The molecule has 0 aromatic heterocycles. The van der Waals surface area contributed by atoms with Gasteiger partial charge in [0.25, 0.3) is 0 Å². The molecule has 0 unspecified atom stereocenters. The predicted molar refractivity (Wildman–Crippen MR) is 88.2 cm³/mol. The molecule has 0 saturated heterocycles. The molecule has 0 aliphatic heterocycles. The van der Waals surface area contributed by atoms with E-state index in [1.165, 1.54) is 42.4 Å². The van der Waals surface area contributed by atoms with Crippen molar-refractivity contribution in [1.29, 1.82) is 0 Å². The number of hydrogen-bond donors (Lipinski definition) is 1. The fourth-order valence-electron chi connectivity index (χ4n) is 2.84. The molecule has 0 fully saturated rings. The van der Waals surface area contributed by atoms with Crippen LogP contribution in [0.5, 0.6) is 5.75 Å². The summed E-state index contributed by atoms with van der Waals surface area (Å²) in [7, 11) is 0. The second kappa shape index (κ2) is 6.66. The van der Waals surface area contributed by atoms with Crippen LogP contribution < -0.4 is 10.1 Å². The van der Waals surface area contributed by atoms with Gasteiger partial charge in [-0.3, -0.25) is 0 Å². The van der Waals surface area contributed by atoms with Gasteiger partial charge in [0.15, 0.2) is 0 Å². The molecule has 0 bridgehead atoms. The van der Waals surface area contributed by atoms with E-state index in [9.17, 15) is 0 Å². The Balaban J connectivity index is 1.48. The average molecular weight is 281 g/mol. The van der Waals surface area contributed by atoms with Crippen LogP contribution >= 0.6 is 0 Å². The zero-order valence-corrected chi connectivity index (χ0v) is 12.7. The lowest BCUT2D eigenvalue weighted by molar-refractivity contribution is 0.332. The quantitative estimate of drug-likeness (QED) is 0.822. The maximum Gasteiger partial charge on any atom is 0.119 e. The molecular formula is C19H23NO. The minimum absolute atomic E-state index is 0.687. The Hall–Kier alpha value is -1.96. The molecular weight excluding hydrogens is 258 g/mol. The van der Waals surface area contributed by atoms with Gasteiger partial charge in [0.2, 0.25) is 0 Å². The molecule has 3 rings (SSSR count). The number of anilines is 1. The van der Waals surface area contributed by atoms with Gasteiger partial charge in [-0.2, -0.15) is 0 Å². The van der Waals surface area contributed by atoms with Gasteiger partial charge in [-0.15, -0.1) is 0 Å². The summed E-state index contributed by atoms with van der Waals surface area (Å²) in [5, 5.41) is 3.38. The molecule has 2 heteroatoms. The minimum atomic E-state index is 0.687. The van der Waals surface area contributed by atoms with E-state index < -0.39 is 0 Å². The van der Waals surface area contributed by atoms with E-state index in [-0.39, 0.29) is 0 Å². The third-order valence-corrected chi connectivity index (χ3v) is 4.07. The van der Waals surface area contributed by atoms with Gasteiger partial charge in [-0.25, -0.2) is 0 Å². The number of ether oxygens (including phenoxy) is 1. The Morgan fingerprint density at radius 3 is 2.52 bits per heavy atom. The number of nitrogens with one attached hydrogen (secondary N) is 1. The van der Waals surface area contributed by atoms with E-state index in [0.29, 0.717) is 6.61 Å². The molecule has 21 heavy (non-hydrogen) atoms. The summed E-state index contributed by atoms with van der Waals surface area (Å²) in [6.45, 7) is 3.61. The van der Waals surface area contributed by atoms with Crippen molar-refractivity contribution in [2.45, 2.75) is 32.6 Å². The third-order valence-electron chi connectivity index (χ3n) is 4.07. The summed E-state index contributed by atoms with van der Waals surface area (Å²) in [5.41, 5.74) is 5.41. The number of aryl methyl sites for hydroxylation is 3. The molecule has 2 aromatic carbocycles. The monoisotopic (exact) mass is 281 g/mol. The van der Waals surface area contributed by atoms with Crippen molar-refractivity contribution in [2.75, 3.05) is 18.5 Å². The molecule has 0 atom stereocenters. The van der Waals surface area contributed by atoms with Crippen LogP contribution in [0.3, 0.4) is 0 Å². The van der Waals surface area contributed by atoms with E-state index in [1.54, 1.807) is 0 Å². The number of rotatable bonds is 5. The van der Waals surface area contributed by atoms with Crippen molar-refractivity contribution >= 4 is 5.69 Å². The lowest BCUT2D eigenvalue weighted by atomic mass is 9.92. The zero-order chi connectivity index (χ0) is 14.5. The molecule has 0 heterocycles. The van der Waals surface area contributed by atoms with E-state index in [0.717, 1.165) is 18.0 Å². The number of hydrogen-bond acceptors (Lipinski definition) is 2. The van der Waals surface area contributed by atoms with Crippen LogP contribution in [0.4, 0.5) is 5.69 Å². The average Bonchev–Trinajstić information content (AvgIpc) is 2.53. The van der Waals surface area contributed by atoms with Crippen LogP contribution in [0.1, 0.15) is 29.5 Å². The topological polar surface area (TPSA) is 21.3 Å². The SMILES string of the molecule is Cc1ccc(NCCOc2ccc3c(c2)CCCC3)cc1. The third kappa shape index (κ3) is 3.78. The maximum absolute atomic E-state index is 5.86. The van der Waals surface area contributed by atoms with Gasteiger partial charge in [0.05, 0.1) is 0 Å². The van der Waals surface area contributed by atoms with Crippen LogP contribution in [0.15, 0.2) is 42.5 Å². The maximum atomic E-state index is 5.86. The number of fused-ring (bicyclic) bond motifs is 1. The molecule has 0 spiro atoms. The molecule has 0 amide bonds. The lowest BCUT2D eigenvalue weighted by Gasteiger charge is -2.17. The predicted octanol–water partition coefficient (Wildman–Crippen LogP) is 4.36. The lowest BCUT2D eigenvalue weighted by Crippen LogP contribution is -2.12. The first-order valence-electron chi connectivity index (χ1n) is 7.86. The molecule has 2 aromatic rings. The standard InChI is InChI=1S/C19H23NO/c1-15-6-9-18(10-7-15)20-12-13-21-19-11-8-16-4-2-3-5-17(16)14-19/h6-11,14,20H,2-5,12-13H2,1H3. The molecule has 1 aliphatic carbocycles. The first kappa shape index (κ1) is 14.0. The van der Waals surface area contributed by atoms with Crippen LogP contribution in [-0.2, 0) is 12.8 Å². The Morgan fingerprint density at radius 1 is 0.952 bits per heavy atom. The molecule has 110 valence electrons. The second-order valence-electron chi connectivity index (χ2n) is 5.78. The highest BCUT2D eigenvalue weighted by atomic mass is 16.5. The second-order valence-corrected chi connectivity index (χ2v) is 5.78. The van der Waals surface area contributed by atoms with Crippen molar-refractivity contribution in [3.63, 3.8) is 0 Å². The molecule has 1 aliphatic rings. The first-order valence-corrected chi connectivity index (χ1v) is 7.86. The Morgan fingerprint density at radius 2 is 1.71 bits per heavy atom. The van der Waals surface area contributed by atoms with Gasteiger partial charge in [0.1, 0.15) is 12.4 Å². The summed E-state index contributed by atoms with van der Waals surface area (Å²) in [6.07, 6.45) is 5.07. The van der Waals surface area contributed by atoms with Gasteiger partial charge in [0, 0.05) is 12.2 Å². The summed E-state index contributed by atoms with van der Waals surface area (Å²) in [5.74, 6) is 1.00. The van der Waals surface area contributed by atoms with Crippen molar-refractivity contribution in [3.05, 3.63) is 59.2 Å². The van der Waals surface area contributed by atoms with Crippen LogP contribution in [0.2, 0.25) is 0 Å². The van der Waals surface area contributed by atoms with E-state index in [2.05, 4.69) is 54.7 Å².